The number of rotatable bonds is 7. The third kappa shape index (κ3) is 4.89. The number of carbonyl (C=O) groups excluding carboxylic acids is 1. The predicted molar refractivity (Wildman–Crippen MR) is 128 cm³/mol. The van der Waals surface area contributed by atoms with Crippen molar-refractivity contribution in [2.24, 2.45) is 0 Å². The molecule has 0 radical (unpaired) electrons. The van der Waals surface area contributed by atoms with Crippen molar-refractivity contribution in [2.45, 2.75) is 11.8 Å². The summed E-state index contributed by atoms with van der Waals surface area (Å²) in [6.45, 7) is 3.31. The maximum Gasteiger partial charge on any atom is 0.271 e. The number of methoxy groups -OCH3 is 1. The average molecular weight is 505 g/mol. The largest absolute Gasteiger partial charge is 0.495 e. The van der Waals surface area contributed by atoms with Crippen molar-refractivity contribution in [3.63, 3.8) is 0 Å². The van der Waals surface area contributed by atoms with Crippen LogP contribution in [0.15, 0.2) is 53.4 Å². The van der Waals surface area contributed by atoms with Gasteiger partial charge >= 0.3 is 0 Å². The second-order valence-electron chi connectivity index (χ2n) is 7.62. The topological polar surface area (TPSA) is 105 Å². The van der Waals surface area contributed by atoms with Gasteiger partial charge in [-0.3, -0.25) is 9.89 Å². The minimum atomic E-state index is -3.83. The monoisotopic (exact) mass is 504 g/mol. The minimum Gasteiger partial charge on any atom is -0.495 e. The van der Waals surface area contributed by atoms with E-state index < -0.39 is 10.0 Å². The third-order valence-electron chi connectivity index (χ3n) is 5.54. The number of aromatic nitrogens is 2. The second kappa shape index (κ2) is 10.0. The van der Waals surface area contributed by atoms with E-state index in [4.69, 9.17) is 21.1 Å². The first-order chi connectivity index (χ1) is 16.3. The Morgan fingerprint density at radius 3 is 2.44 bits per heavy atom. The van der Waals surface area contributed by atoms with Crippen molar-refractivity contribution in [3.05, 3.63) is 59.2 Å². The maximum absolute atomic E-state index is 13.1. The molecule has 0 bridgehead atoms. The molecule has 0 saturated carbocycles. The number of ether oxygens (including phenoxy) is 2. The molecule has 180 valence electrons. The number of hydrogen-bond donors (Lipinski definition) is 1. The molecule has 11 heteroatoms. The molecule has 1 fully saturated rings. The molecule has 34 heavy (non-hydrogen) atoms. The standard InChI is InChI=1S/C23H25ClN4O5S/c1-3-33-18-7-4-16(5-8-18)19-15-20(26-25-19)23(29)27-10-12-28(13-11-27)34(30,31)22-14-17(24)6-9-21(22)32-2/h4-9,14-15H,3,10-13H2,1-2H3,(H,25,26). The number of halogens is 1. The molecule has 0 atom stereocenters. The van der Waals surface area contributed by atoms with Gasteiger partial charge in [-0.1, -0.05) is 11.6 Å². The van der Waals surface area contributed by atoms with E-state index in [-0.39, 0.29) is 42.7 Å². The quantitative estimate of drug-likeness (QED) is 0.529. The molecule has 9 nitrogen and oxygen atoms in total. The summed E-state index contributed by atoms with van der Waals surface area (Å²) >= 11 is 6.01. The number of H-pyrrole nitrogens is 1. The van der Waals surface area contributed by atoms with Gasteiger partial charge in [0, 0.05) is 36.8 Å². The summed E-state index contributed by atoms with van der Waals surface area (Å²) in [6.07, 6.45) is 0. The molecular weight excluding hydrogens is 480 g/mol. The van der Waals surface area contributed by atoms with Crippen molar-refractivity contribution in [3.8, 4) is 22.8 Å². The molecule has 1 amide bonds. The fraction of sp³-hybridized carbons (Fsp3) is 0.304. The highest BCUT2D eigenvalue weighted by atomic mass is 35.5. The maximum atomic E-state index is 13.1. The summed E-state index contributed by atoms with van der Waals surface area (Å²) in [5.74, 6) is 0.755. The molecule has 1 aliphatic rings. The zero-order valence-electron chi connectivity index (χ0n) is 18.8. The van der Waals surface area contributed by atoms with Crippen LogP contribution in [-0.4, -0.2) is 73.6 Å². The molecule has 1 N–H and O–H groups in total. The first-order valence-electron chi connectivity index (χ1n) is 10.7. The van der Waals surface area contributed by atoms with Gasteiger partial charge in [-0.2, -0.15) is 9.40 Å². The van der Waals surface area contributed by atoms with Crippen LogP contribution >= 0.6 is 11.6 Å². The van der Waals surface area contributed by atoms with Gasteiger partial charge in [-0.05, 0) is 55.5 Å². The second-order valence-corrected chi connectivity index (χ2v) is 9.96. The molecule has 4 rings (SSSR count). The number of sulfonamides is 1. The Labute approximate surface area is 203 Å². The van der Waals surface area contributed by atoms with Crippen LogP contribution in [0.4, 0.5) is 0 Å². The van der Waals surface area contributed by atoms with Crippen molar-refractivity contribution in [2.75, 3.05) is 39.9 Å². The Hall–Kier alpha value is -3.08. The van der Waals surface area contributed by atoms with E-state index in [0.717, 1.165) is 11.3 Å². The van der Waals surface area contributed by atoms with Gasteiger partial charge in [0.25, 0.3) is 5.91 Å². The molecule has 1 aromatic heterocycles. The number of piperazine rings is 1. The summed E-state index contributed by atoms with van der Waals surface area (Å²) in [4.78, 5) is 14.6. The average Bonchev–Trinajstić information content (AvgIpc) is 3.34. The van der Waals surface area contributed by atoms with E-state index in [1.54, 1.807) is 17.0 Å². The van der Waals surface area contributed by atoms with Gasteiger partial charge in [0.2, 0.25) is 10.0 Å². The summed E-state index contributed by atoms with van der Waals surface area (Å²) in [7, 11) is -2.42. The molecular formula is C23H25ClN4O5S. The van der Waals surface area contributed by atoms with E-state index in [2.05, 4.69) is 10.2 Å². The molecule has 1 saturated heterocycles. The first-order valence-corrected chi connectivity index (χ1v) is 12.6. The summed E-state index contributed by atoms with van der Waals surface area (Å²) in [5.41, 5.74) is 1.84. The number of hydrogen-bond acceptors (Lipinski definition) is 6. The zero-order valence-corrected chi connectivity index (χ0v) is 20.4. The molecule has 1 aliphatic heterocycles. The Balaban J connectivity index is 1.43. The van der Waals surface area contributed by atoms with Crippen molar-refractivity contribution in [1.82, 2.24) is 19.4 Å². The minimum absolute atomic E-state index is 0.0100. The number of aromatic amines is 1. The number of nitrogens with one attached hydrogen (secondary N) is 1. The molecule has 0 unspecified atom stereocenters. The van der Waals surface area contributed by atoms with Crippen molar-refractivity contribution in [1.29, 1.82) is 0 Å². The highest BCUT2D eigenvalue weighted by Crippen LogP contribution is 2.30. The lowest BCUT2D eigenvalue weighted by Crippen LogP contribution is -2.50. The third-order valence-corrected chi connectivity index (χ3v) is 7.69. The number of benzene rings is 2. The van der Waals surface area contributed by atoms with Crippen LogP contribution in [0.5, 0.6) is 11.5 Å². The van der Waals surface area contributed by atoms with Crippen molar-refractivity contribution >= 4 is 27.5 Å². The van der Waals surface area contributed by atoms with Crippen molar-refractivity contribution < 1.29 is 22.7 Å². The van der Waals surface area contributed by atoms with Gasteiger partial charge < -0.3 is 14.4 Å². The Morgan fingerprint density at radius 2 is 1.79 bits per heavy atom. The number of amides is 1. The normalized spacial score (nSPS) is 14.7. The van der Waals surface area contributed by atoms with E-state index in [1.165, 1.54) is 23.5 Å². The smallest absolute Gasteiger partial charge is 0.271 e. The Bertz CT molecular complexity index is 1270. The van der Waals surface area contributed by atoms with Crippen LogP contribution in [0.25, 0.3) is 11.3 Å². The van der Waals surface area contributed by atoms with Crippen LogP contribution < -0.4 is 9.47 Å². The Morgan fingerprint density at radius 1 is 1.09 bits per heavy atom. The highest BCUT2D eigenvalue weighted by Gasteiger charge is 2.33. The van der Waals surface area contributed by atoms with Crippen LogP contribution in [0.3, 0.4) is 0 Å². The summed E-state index contributed by atoms with van der Waals surface area (Å²) in [6, 6.07) is 13.6. The van der Waals surface area contributed by atoms with Gasteiger partial charge in [0.15, 0.2) is 0 Å². The lowest BCUT2D eigenvalue weighted by atomic mass is 10.1. The molecule has 0 aliphatic carbocycles. The van der Waals surface area contributed by atoms with Gasteiger partial charge in [0.05, 0.1) is 19.4 Å². The van der Waals surface area contributed by atoms with E-state index in [0.29, 0.717) is 23.0 Å². The number of carbonyl (C=O) groups is 1. The lowest BCUT2D eigenvalue weighted by molar-refractivity contribution is 0.0692. The summed E-state index contributed by atoms with van der Waals surface area (Å²) < 4.78 is 38.3. The summed E-state index contributed by atoms with van der Waals surface area (Å²) in [5, 5.41) is 7.35. The highest BCUT2D eigenvalue weighted by molar-refractivity contribution is 7.89. The van der Waals surface area contributed by atoms with Crippen LogP contribution in [0.2, 0.25) is 5.02 Å². The predicted octanol–water partition coefficient (Wildman–Crippen LogP) is 3.28. The van der Waals surface area contributed by atoms with E-state index in [9.17, 15) is 13.2 Å². The first kappa shape index (κ1) is 24.1. The molecule has 2 aromatic carbocycles. The lowest BCUT2D eigenvalue weighted by Gasteiger charge is -2.34. The Kier molecular flexibility index (Phi) is 7.11. The van der Waals surface area contributed by atoms with E-state index in [1.807, 2.05) is 31.2 Å². The van der Waals surface area contributed by atoms with Gasteiger partial charge in [-0.15, -0.1) is 0 Å². The van der Waals surface area contributed by atoms with Crippen LogP contribution in [0, 0.1) is 0 Å². The molecule has 0 spiro atoms. The van der Waals surface area contributed by atoms with Gasteiger partial charge in [-0.25, -0.2) is 8.42 Å². The SMILES string of the molecule is CCOc1ccc(-c2cc(C(=O)N3CCN(S(=O)(=O)c4cc(Cl)ccc4OC)CC3)[nH]n2)cc1. The van der Waals surface area contributed by atoms with E-state index >= 15 is 0 Å². The fourth-order valence-corrected chi connectivity index (χ4v) is 5.60. The van der Waals surface area contributed by atoms with Gasteiger partial charge in [0.1, 0.15) is 22.1 Å². The van der Waals surface area contributed by atoms with Crippen LogP contribution in [0.1, 0.15) is 17.4 Å². The number of nitrogens with zero attached hydrogens (tertiary/aromatic N) is 3. The molecule has 3 aromatic rings. The fourth-order valence-electron chi connectivity index (χ4n) is 3.76. The molecule has 2 heterocycles. The zero-order chi connectivity index (χ0) is 24.3. The van der Waals surface area contributed by atoms with Crippen LogP contribution in [-0.2, 0) is 10.0 Å².